The van der Waals surface area contributed by atoms with Crippen molar-refractivity contribution in [2.75, 3.05) is 11.5 Å². The number of benzene rings is 2. The molecule has 2 aromatic carbocycles. The summed E-state index contributed by atoms with van der Waals surface area (Å²) < 4.78 is 5.10. The van der Waals surface area contributed by atoms with Gasteiger partial charge in [-0.3, -0.25) is 14.9 Å². The average Bonchev–Trinajstić information content (AvgIpc) is 2.60. The molecule has 1 amide bonds. The number of anilines is 1. The van der Waals surface area contributed by atoms with Gasteiger partial charge in [0.25, 0.3) is 11.6 Å². The van der Waals surface area contributed by atoms with Crippen LogP contribution in [0.1, 0.15) is 29.8 Å². The lowest BCUT2D eigenvalue weighted by Crippen LogP contribution is -2.39. The average molecular weight is 356 g/mol. The van der Waals surface area contributed by atoms with Gasteiger partial charge < -0.3 is 9.64 Å². The van der Waals surface area contributed by atoms with Gasteiger partial charge in [-0.05, 0) is 45.0 Å². The third-order valence-corrected chi connectivity index (χ3v) is 3.78. The maximum atomic E-state index is 12.5. The van der Waals surface area contributed by atoms with Crippen LogP contribution in [0.2, 0.25) is 0 Å². The number of amides is 1. The first kappa shape index (κ1) is 19.1. The fourth-order valence-corrected chi connectivity index (χ4v) is 2.59. The van der Waals surface area contributed by atoms with Crippen LogP contribution in [-0.4, -0.2) is 29.4 Å². The van der Waals surface area contributed by atoms with E-state index in [9.17, 15) is 19.7 Å². The van der Waals surface area contributed by atoms with Gasteiger partial charge in [0.1, 0.15) is 0 Å². The van der Waals surface area contributed by atoms with Crippen molar-refractivity contribution in [1.82, 2.24) is 0 Å². The molecule has 0 N–H and O–H groups in total. The highest BCUT2D eigenvalue weighted by molar-refractivity contribution is 5.97. The zero-order chi connectivity index (χ0) is 19.3. The molecule has 2 aromatic rings. The summed E-state index contributed by atoms with van der Waals surface area (Å²) in [4.78, 5) is 36.5. The van der Waals surface area contributed by atoms with E-state index in [0.717, 1.165) is 5.69 Å². The fourth-order valence-electron chi connectivity index (χ4n) is 2.59. The number of carbonyl (C=O) groups excluding carboxylic acids is 2. The van der Waals surface area contributed by atoms with Gasteiger partial charge in [-0.1, -0.05) is 18.2 Å². The van der Waals surface area contributed by atoms with Crippen LogP contribution in [-0.2, 0) is 9.53 Å². The van der Waals surface area contributed by atoms with Gasteiger partial charge in [0.05, 0.1) is 10.5 Å². The molecule has 0 fully saturated rings. The first-order valence-electron chi connectivity index (χ1n) is 8.10. The van der Waals surface area contributed by atoms with Gasteiger partial charge in [0.15, 0.2) is 6.61 Å². The predicted octanol–water partition coefficient (Wildman–Crippen LogP) is 3.50. The maximum absolute atomic E-state index is 12.5. The van der Waals surface area contributed by atoms with Crippen LogP contribution < -0.4 is 4.90 Å². The second-order valence-corrected chi connectivity index (χ2v) is 6.03. The second kappa shape index (κ2) is 8.24. The predicted molar refractivity (Wildman–Crippen MR) is 97.2 cm³/mol. The quantitative estimate of drug-likeness (QED) is 0.449. The van der Waals surface area contributed by atoms with E-state index in [4.69, 9.17) is 4.74 Å². The molecule has 0 unspecified atom stereocenters. The molecule has 0 spiro atoms. The molecule has 7 nitrogen and oxygen atoms in total. The Bertz CT molecular complexity index is 818. The van der Waals surface area contributed by atoms with Gasteiger partial charge in [0.2, 0.25) is 0 Å². The number of nitro benzene ring substituents is 1. The van der Waals surface area contributed by atoms with Crippen molar-refractivity contribution in [3.05, 3.63) is 69.8 Å². The Morgan fingerprint density at radius 3 is 2.35 bits per heavy atom. The molecule has 26 heavy (non-hydrogen) atoms. The summed E-state index contributed by atoms with van der Waals surface area (Å²) in [7, 11) is 0. The smallest absolute Gasteiger partial charge is 0.338 e. The van der Waals surface area contributed by atoms with Crippen LogP contribution >= 0.6 is 0 Å². The SMILES string of the molecule is Cc1cc(C(=O)OCC(=O)N(c2ccccc2)C(C)C)ccc1[N+](=O)[O-]. The van der Waals surface area contributed by atoms with Gasteiger partial charge in [-0.2, -0.15) is 0 Å². The standard InChI is InChI=1S/C19H20N2O5/c1-13(2)20(16-7-5-4-6-8-16)18(22)12-26-19(23)15-9-10-17(21(24)25)14(3)11-15/h4-11,13H,12H2,1-3H3. The third kappa shape index (κ3) is 4.44. The number of esters is 1. The largest absolute Gasteiger partial charge is 0.452 e. The van der Waals surface area contributed by atoms with E-state index >= 15 is 0 Å². The molecule has 0 aromatic heterocycles. The zero-order valence-electron chi connectivity index (χ0n) is 14.8. The minimum Gasteiger partial charge on any atom is -0.452 e. The van der Waals surface area contributed by atoms with E-state index in [2.05, 4.69) is 0 Å². The number of nitro groups is 1. The Morgan fingerprint density at radius 2 is 1.81 bits per heavy atom. The number of nitrogens with zero attached hydrogens (tertiary/aromatic N) is 2. The lowest BCUT2D eigenvalue weighted by atomic mass is 10.1. The van der Waals surface area contributed by atoms with E-state index < -0.39 is 17.5 Å². The monoisotopic (exact) mass is 356 g/mol. The van der Waals surface area contributed by atoms with Crippen molar-refractivity contribution >= 4 is 23.3 Å². The summed E-state index contributed by atoms with van der Waals surface area (Å²) in [6.45, 7) is 4.86. The Balaban J connectivity index is 2.07. The van der Waals surface area contributed by atoms with Crippen molar-refractivity contribution in [2.24, 2.45) is 0 Å². The third-order valence-electron chi connectivity index (χ3n) is 3.78. The fraction of sp³-hybridized carbons (Fsp3) is 0.263. The van der Waals surface area contributed by atoms with Crippen molar-refractivity contribution in [3.8, 4) is 0 Å². The van der Waals surface area contributed by atoms with Crippen LogP contribution in [0.15, 0.2) is 48.5 Å². The van der Waals surface area contributed by atoms with Crippen LogP contribution in [0.3, 0.4) is 0 Å². The molecule has 0 bridgehead atoms. The summed E-state index contributed by atoms with van der Waals surface area (Å²) in [5.41, 5.74) is 1.16. The highest BCUT2D eigenvalue weighted by Gasteiger charge is 2.21. The first-order valence-corrected chi connectivity index (χ1v) is 8.10. The maximum Gasteiger partial charge on any atom is 0.338 e. The number of rotatable bonds is 6. The molecule has 7 heteroatoms. The Kier molecular flexibility index (Phi) is 6.06. The molecule has 2 rings (SSSR count). The Morgan fingerprint density at radius 1 is 1.15 bits per heavy atom. The molecule has 0 aliphatic rings. The number of hydrogen-bond acceptors (Lipinski definition) is 5. The Hall–Kier alpha value is -3.22. The van der Waals surface area contributed by atoms with Crippen molar-refractivity contribution in [3.63, 3.8) is 0 Å². The molecule has 0 aliphatic carbocycles. The van der Waals surface area contributed by atoms with Gasteiger partial charge >= 0.3 is 5.97 Å². The van der Waals surface area contributed by atoms with Gasteiger partial charge in [-0.15, -0.1) is 0 Å². The zero-order valence-corrected chi connectivity index (χ0v) is 14.8. The second-order valence-electron chi connectivity index (χ2n) is 6.03. The van der Waals surface area contributed by atoms with E-state index in [0.29, 0.717) is 5.56 Å². The number of para-hydroxylation sites is 1. The van der Waals surface area contributed by atoms with Gasteiger partial charge in [-0.25, -0.2) is 4.79 Å². The molecule has 0 aliphatic heterocycles. The van der Waals surface area contributed by atoms with Crippen LogP contribution in [0.4, 0.5) is 11.4 Å². The number of aryl methyl sites for hydroxylation is 1. The van der Waals surface area contributed by atoms with E-state index in [-0.39, 0.29) is 23.2 Å². The van der Waals surface area contributed by atoms with Crippen molar-refractivity contribution in [2.45, 2.75) is 26.8 Å². The minimum atomic E-state index is -0.701. The number of ether oxygens (including phenoxy) is 1. The molecular formula is C19H20N2O5. The topological polar surface area (TPSA) is 89.8 Å². The highest BCUT2D eigenvalue weighted by Crippen LogP contribution is 2.20. The van der Waals surface area contributed by atoms with E-state index in [1.165, 1.54) is 25.1 Å². The van der Waals surface area contributed by atoms with Crippen molar-refractivity contribution in [1.29, 1.82) is 0 Å². The van der Waals surface area contributed by atoms with E-state index in [1.807, 2.05) is 32.0 Å². The molecule has 0 heterocycles. The lowest BCUT2D eigenvalue weighted by molar-refractivity contribution is -0.385. The van der Waals surface area contributed by atoms with Crippen LogP contribution in [0.25, 0.3) is 0 Å². The molecule has 0 saturated heterocycles. The van der Waals surface area contributed by atoms with E-state index in [1.54, 1.807) is 17.0 Å². The summed E-state index contributed by atoms with van der Waals surface area (Å²) in [6.07, 6.45) is 0. The number of carbonyl (C=O) groups is 2. The first-order chi connectivity index (χ1) is 12.3. The molecule has 0 saturated carbocycles. The summed E-state index contributed by atoms with van der Waals surface area (Å²) >= 11 is 0. The summed E-state index contributed by atoms with van der Waals surface area (Å²) in [5.74, 6) is -1.05. The van der Waals surface area contributed by atoms with Crippen LogP contribution in [0.5, 0.6) is 0 Å². The van der Waals surface area contributed by atoms with Gasteiger partial charge in [0, 0.05) is 23.4 Å². The Labute approximate surface area is 151 Å². The molecule has 136 valence electrons. The molecular weight excluding hydrogens is 336 g/mol. The summed E-state index contributed by atoms with van der Waals surface area (Å²) in [5, 5.41) is 10.8. The molecule has 0 radical (unpaired) electrons. The minimum absolute atomic E-state index is 0.0762. The van der Waals surface area contributed by atoms with Crippen molar-refractivity contribution < 1.29 is 19.2 Å². The van der Waals surface area contributed by atoms with Crippen LogP contribution in [0, 0.1) is 17.0 Å². The normalized spacial score (nSPS) is 10.5. The number of hydrogen-bond donors (Lipinski definition) is 0. The highest BCUT2D eigenvalue weighted by atomic mass is 16.6. The molecule has 0 atom stereocenters. The lowest BCUT2D eigenvalue weighted by Gasteiger charge is -2.26. The summed E-state index contributed by atoms with van der Waals surface area (Å²) in [6, 6.07) is 12.9.